The summed E-state index contributed by atoms with van der Waals surface area (Å²) in [6.07, 6.45) is 1.42. The van der Waals surface area contributed by atoms with E-state index in [1.165, 1.54) is 18.3 Å². The van der Waals surface area contributed by atoms with Crippen LogP contribution in [-0.4, -0.2) is 51.9 Å². The van der Waals surface area contributed by atoms with E-state index in [9.17, 15) is 19.8 Å². The number of amides is 2. The number of nitrogens with zero attached hydrogens (tertiary/aromatic N) is 1. The van der Waals surface area contributed by atoms with Gasteiger partial charge >= 0.3 is 0 Å². The van der Waals surface area contributed by atoms with Gasteiger partial charge in [-0.1, -0.05) is 30.3 Å². The largest absolute Gasteiger partial charge is 0.508 e. The maximum Gasteiger partial charge on any atom is 0.247 e. The molecule has 2 aromatic carbocycles. The Labute approximate surface area is 201 Å². The molecular formula is C26H36N4O4. The molecule has 2 atom stereocenters. The Morgan fingerprint density at radius 3 is 2.00 bits per heavy atom. The Bertz CT molecular complexity index is 1020. The Morgan fingerprint density at radius 1 is 0.882 bits per heavy atom. The van der Waals surface area contributed by atoms with Crippen LogP contribution in [0.4, 0.5) is 0 Å². The minimum atomic E-state index is -1.05. The van der Waals surface area contributed by atoms with Gasteiger partial charge in [0.05, 0.1) is 12.6 Å². The van der Waals surface area contributed by atoms with Crippen LogP contribution in [0.25, 0.3) is 0 Å². The number of benzene rings is 2. The molecule has 2 amide bonds. The fourth-order valence-corrected chi connectivity index (χ4v) is 3.31. The summed E-state index contributed by atoms with van der Waals surface area (Å²) >= 11 is 0. The summed E-state index contributed by atoms with van der Waals surface area (Å²) in [5.41, 5.74) is -0.0889. The van der Waals surface area contributed by atoms with Crippen LogP contribution in [0, 0.1) is 0 Å². The molecule has 8 heteroatoms. The number of rotatable bonds is 8. The lowest BCUT2D eigenvalue weighted by molar-refractivity contribution is -0.125. The zero-order valence-corrected chi connectivity index (χ0v) is 20.7. The summed E-state index contributed by atoms with van der Waals surface area (Å²) in [5, 5.41) is 29.6. The summed E-state index contributed by atoms with van der Waals surface area (Å²) in [6.45, 7) is 11.1. The standard InChI is InChI=1S/C26H36N4O4/c1-25(2,3)29-21(33)16-28-22(18-12-8-10-14-20(18)32)23(24(34)30-26(4,5)6)27-15-17-11-7-9-13-19(17)31/h7-15,22-23,28,31-32H,16H2,1-6H3,(H,29,33)(H,30,34). The second kappa shape index (κ2) is 11.2. The van der Waals surface area contributed by atoms with E-state index in [1.807, 2.05) is 41.5 Å². The fourth-order valence-electron chi connectivity index (χ4n) is 3.31. The Balaban J connectivity index is 2.48. The predicted molar refractivity (Wildman–Crippen MR) is 134 cm³/mol. The molecule has 2 rings (SSSR count). The van der Waals surface area contributed by atoms with Gasteiger partial charge in [0.15, 0.2) is 0 Å². The van der Waals surface area contributed by atoms with E-state index in [2.05, 4.69) is 20.9 Å². The SMILES string of the molecule is CC(C)(C)NC(=O)CNC(c1ccccc1O)C(N=Cc1ccccc1O)C(=O)NC(C)(C)C. The number of hydrogen-bond donors (Lipinski definition) is 5. The van der Waals surface area contributed by atoms with Crippen LogP contribution in [0.3, 0.4) is 0 Å². The Hall–Kier alpha value is -3.39. The van der Waals surface area contributed by atoms with E-state index in [4.69, 9.17) is 0 Å². The quantitative estimate of drug-likeness (QED) is 0.381. The van der Waals surface area contributed by atoms with Gasteiger partial charge in [-0.3, -0.25) is 19.9 Å². The first-order valence-corrected chi connectivity index (χ1v) is 11.2. The first-order valence-electron chi connectivity index (χ1n) is 11.2. The lowest BCUT2D eigenvalue weighted by atomic mass is 9.96. The van der Waals surface area contributed by atoms with Crippen LogP contribution in [0.15, 0.2) is 53.5 Å². The van der Waals surface area contributed by atoms with Crippen molar-refractivity contribution < 1.29 is 19.8 Å². The van der Waals surface area contributed by atoms with Gasteiger partial charge in [-0.05, 0) is 59.7 Å². The van der Waals surface area contributed by atoms with E-state index in [-0.39, 0.29) is 24.0 Å². The van der Waals surface area contributed by atoms with Crippen molar-refractivity contribution in [3.63, 3.8) is 0 Å². The van der Waals surface area contributed by atoms with Crippen molar-refractivity contribution >= 4 is 18.0 Å². The molecule has 0 bridgehead atoms. The number of phenols is 2. The average Bonchev–Trinajstić information content (AvgIpc) is 2.69. The first kappa shape index (κ1) is 26.9. The second-order valence-electron chi connectivity index (χ2n) is 10.2. The monoisotopic (exact) mass is 468 g/mol. The molecule has 0 radical (unpaired) electrons. The molecule has 0 saturated carbocycles. The van der Waals surface area contributed by atoms with Crippen LogP contribution < -0.4 is 16.0 Å². The van der Waals surface area contributed by atoms with Gasteiger partial charge in [-0.2, -0.15) is 0 Å². The summed E-state index contributed by atoms with van der Waals surface area (Å²) in [5.74, 6) is -0.649. The molecule has 0 aliphatic heterocycles. The van der Waals surface area contributed by atoms with E-state index in [0.717, 1.165) is 0 Å². The molecule has 8 nitrogen and oxygen atoms in total. The number of carbonyl (C=O) groups excluding carboxylic acids is 2. The third-order valence-electron chi connectivity index (χ3n) is 4.66. The Kier molecular flexibility index (Phi) is 8.81. The van der Waals surface area contributed by atoms with Gasteiger partial charge in [-0.25, -0.2) is 0 Å². The van der Waals surface area contributed by atoms with Gasteiger partial charge in [0.2, 0.25) is 11.8 Å². The van der Waals surface area contributed by atoms with Crippen LogP contribution in [-0.2, 0) is 9.59 Å². The van der Waals surface area contributed by atoms with E-state index in [1.54, 1.807) is 36.4 Å². The second-order valence-corrected chi connectivity index (χ2v) is 10.2. The number of carbonyl (C=O) groups is 2. The van der Waals surface area contributed by atoms with E-state index < -0.39 is 29.1 Å². The average molecular weight is 469 g/mol. The van der Waals surface area contributed by atoms with Crippen LogP contribution in [0.5, 0.6) is 11.5 Å². The van der Waals surface area contributed by atoms with Crippen LogP contribution in [0.1, 0.15) is 58.7 Å². The summed E-state index contributed by atoms with van der Waals surface area (Å²) in [6, 6.07) is 11.4. The molecule has 5 N–H and O–H groups in total. The first-order chi connectivity index (χ1) is 15.8. The van der Waals surface area contributed by atoms with Crippen molar-refractivity contribution in [2.24, 2.45) is 4.99 Å². The normalized spacial score (nSPS) is 13.9. The lowest BCUT2D eigenvalue weighted by Gasteiger charge is -2.29. The van der Waals surface area contributed by atoms with Crippen molar-refractivity contribution in [3.8, 4) is 11.5 Å². The molecule has 0 aromatic heterocycles. The molecule has 0 heterocycles. The molecule has 2 unspecified atom stereocenters. The smallest absolute Gasteiger partial charge is 0.247 e. The number of aromatic hydroxyl groups is 2. The van der Waals surface area contributed by atoms with E-state index in [0.29, 0.717) is 11.1 Å². The minimum Gasteiger partial charge on any atom is -0.508 e. The number of para-hydroxylation sites is 2. The Morgan fingerprint density at radius 2 is 1.44 bits per heavy atom. The molecule has 0 fully saturated rings. The summed E-state index contributed by atoms with van der Waals surface area (Å²) in [7, 11) is 0. The van der Waals surface area contributed by atoms with Crippen molar-refractivity contribution in [3.05, 3.63) is 59.7 Å². The fraction of sp³-hybridized carbons (Fsp3) is 0.423. The van der Waals surface area contributed by atoms with Crippen LogP contribution >= 0.6 is 0 Å². The van der Waals surface area contributed by atoms with Gasteiger partial charge in [0.25, 0.3) is 0 Å². The highest BCUT2D eigenvalue weighted by Gasteiger charge is 2.33. The van der Waals surface area contributed by atoms with Crippen molar-refractivity contribution in [2.45, 2.75) is 64.7 Å². The minimum absolute atomic E-state index is 0.0254. The zero-order chi connectivity index (χ0) is 25.5. The molecule has 0 saturated heterocycles. The third kappa shape index (κ3) is 8.51. The van der Waals surface area contributed by atoms with Crippen molar-refractivity contribution in [1.82, 2.24) is 16.0 Å². The highest BCUT2D eigenvalue weighted by molar-refractivity contribution is 5.89. The van der Waals surface area contributed by atoms with Gasteiger partial charge in [0, 0.05) is 28.4 Å². The lowest BCUT2D eigenvalue weighted by Crippen LogP contribution is -2.51. The number of aliphatic imine (C=N–C) groups is 1. The topological polar surface area (TPSA) is 123 Å². The van der Waals surface area contributed by atoms with Gasteiger partial charge in [-0.15, -0.1) is 0 Å². The predicted octanol–water partition coefficient (Wildman–Crippen LogP) is 3.05. The van der Waals surface area contributed by atoms with Crippen LogP contribution in [0.2, 0.25) is 0 Å². The maximum atomic E-state index is 13.4. The molecule has 34 heavy (non-hydrogen) atoms. The molecule has 0 aliphatic rings. The highest BCUT2D eigenvalue weighted by atomic mass is 16.3. The molecular weight excluding hydrogens is 432 g/mol. The van der Waals surface area contributed by atoms with Gasteiger partial charge < -0.3 is 20.8 Å². The number of phenolic OH excluding ortho intramolecular Hbond substituents is 2. The zero-order valence-electron chi connectivity index (χ0n) is 20.7. The molecule has 0 spiro atoms. The molecule has 0 aliphatic carbocycles. The highest BCUT2D eigenvalue weighted by Crippen LogP contribution is 2.28. The van der Waals surface area contributed by atoms with Crippen molar-refractivity contribution in [1.29, 1.82) is 0 Å². The molecule has 2 aromatic rings. The van der Waals surface area contributed by atoms with Crippen molar-refractivity contribution in [2.75, 3.05) is 6.54 Å². The third-order valence-corrected chi connectivity index (χ3v) is 4.66. The number of nitrogens with one attached hydrogen (secondary N) is 3. The number of hydrogen-bond acceptors (Lipinski definition) is 6. The maximum absolute atomic E-state index is 13.4. The summed E-state index contributed by atoms with van der Waals surface area (Å²) in [4.78, 5) is 30.4. The summed E-state index contributed by atoms with van der Waals surface area (Å²) < 4.78 is 0. The van der Waals surface area contributed by atoms with Gasteiger partial charge in [0.1, 0.15) is 17.5 Å². The molecule has 184 valence electrons. The van der Waals surface area contributed by atoms with E-state index >= 15 is 0 Å².